The molecule has 0 aromatic carbocycles. The van der Waals surface area contributed by atoms with Crippen molar-refractivity contribution in [1.29, 1.82) is 0 Å². The summed E-state index contributed by atoms with van der Waals surface area (Å²) in [6.07, 6.45) is 0. The van der Waals surface area contributed by atoms with E-state index in [2.05, 4.69) is 42.9 Å². The lowest BCUT2D eigenvalue weighted by molar-refractivity contribution is 0.495. The molecule has 0 bridgehead atoms. The monoisotopic (exact) mass is 212 g/mol. The highest BCUT2D eigenvalue weighted by molar-refractivity contribution is 7.10. The molecule has 0 aliphatic heterocycles. The van der Waals surface area contributed by atoms with E-state index in [1.54, 1.807) is 0 Å². The highest BCUT2D eigenvalue weighted by atomic mass is 32.1. The molecule has 1 atom stereocenters. The summed E-state index contributed by atoms with van der Waals surface area (Å²) in [6.45, 7) is 7.52. The third kappa shape index (κ3) is 3.08. The van der Waals surface area contributed by atoms with Gasteiger partial charge in [0.25, 0.3) is 0 Å². The first-order valence-electron chi connectivity index (χ1n) is 5.09. The molecule has 14 heavy (non-hydrogen) atoms. The van der Waals surface area contributed by atoms with Crippen LogP contribution in [-0.2, 0) is 0 Å². The van der Waals surface area contributed by atoms with Crippen LogP contribution >= 0.6 is 11.3 Å². The molecule has 0 aliphatic rings. The Balaban J connectivity index is 2.58. The number of hydrogen-bond acceptors (Lipinski definition) is 3. The Kier molecular flexibility index (Phi) is 4.58. The van der Waals surface area contributed by atoms with E-state index in [1.165, 1.54) is 10.4 Å². The number of hydrogen-bond donors (Lipinski definition) is 2. The largest absolute Gasteiger partial charge is 0.313 e. The fraction of sp³-hybridized carbons (Fsp3) is 0.636. The molecule has 1 aromatic heterocycles. The van der Waals surface area contributed by atoms with Crippen LogP contribution < -0.4 is 10.6 Å². The predicted octanol–water partition coefficient (Wildman–Crippen LogP) is 2.32. The van der Waals surface area contributed by atoms with Gasteiger partial charge in [0.15, 0.2) is 0 Å². The number of aryl methyl sites for hydroxylation is 1. The van der Waals surface area contributed by atoms with Crippen molar-refractivity contribution in [1.82, 2.24) is 10.6 Å². The van der Waals surface area contributed by atoms with E-state index in [0.29, 0.717) is 12.1 Å². The minimum Gasteiger partial charge on any atom is -0.313 e. The van der Waals surface area contributed by atoms with E-state index in [-0.39, 0.29) is 0 Å². The van der Waals surface area contributed by atoms with Gasteiger partial charge in [-0.3, -0.25) is 0 Å². The lowest BCUT2D eigenvalue weighted by atomic mass is 10.1. The van der Waals surface area contributed by atoms with Crippen LogP contribution in [0.2, 0.25) is 0 Å². The van der Waals surface area contributed by atoms with Crippen LogP contribution in [0.25, 0.3) is 0 Å². The van der Waals surface area contributed by atoms with Crippen molar-refractivity contribution in [2.24, 2.45) is 0 Å². The lowest BCUT2D eigenvalue weighted by Gasteiger charge is -2.18. The van der Waals surface area contributed by atoms with Gasteiger partial charge in [-0.25, -0.2) is 0 Å². The molecular weight excluding hydrogens is 192 g/mol. The predicted molar refractivity (Wildman–Crippen MR) is 64.0 cm³/mol. The molecule has 2 N–H and O–H groups in total. The summed E-state index contributed by atoms with van der Waals surface area (Å²) in [5.41, 5.74) is 1.39. The van der Waals surface area contributed by atoms with Crippen LogP contribution in [0.1, 0.15) is 30.3 Å². The fourth-order valence-corrected chi connectivity index (χ4v) is 2.46. The number of thiophene rings is 1. The Morgan fingerprint density at radius 2 is 2.14 bits per heavy atom. The van der Waals surface area contributed by atoms with E-state index in [9.17, 15) is 0 Å². The zero-order valence-corrected chi connectivity index (χ0v) is 10.2. The maximum atomic E-state index is 3.46. The van der Waals surface area contributed by atoms with Gasteiger partial charge in [0, 0.05) is 17.5 Å². The Morgan fingerprint density at radius 1 is 1.43 bits per heavy atom. The van der Waals surface area contributed by atoms with Crippen LogP contribution in [0.5, 0.6) is 0 Å². The second kappa shape index (κ2) is 5.49. The molecule has 1 unspecified atom stereocenters. The van der Waals surface area contributed by atoms with E-state index in [4.69, 9.17) is 0 Å². The molecule has 0 fully saturated rings. The van der Waals surface area contributed by atoms with Crippen molar-refractivity contribution < 1.29 is 0 Å². The van der Waals surface area contributed by atoms with Gasteiger partial charge < -0.3 is 10.6 Å². The Bertz CT molecular complexity index is 268. The minimum absolute atomic E-state index is 0.442. The quantitative estimate of drug-likeness (QED) is 0.782. The smallest absolute Gasteiger partial charge is 0.0541 e. The summed E-state index contributed by atoms with van der Waals surface area (Å²) >= 11 is 1.83. The van der Waals surface area contributed by atoms with Gasteiger partial charge in [-0.05, 0) is 31.0 Å². The third-order valence-electron chi connectivity index (χ3n) is 2.30. The molecule has 3 heteroatoms. The van der Waals surface area contributed by atoms with Gasteiger partial charge in [-0.2, -0.15) is 0 Å². The zero-order valence-electron chi connectivity index (χ0n) is 9.42. The zero-order chi connectivity index (χ0) is 10.6. The summed E-state index contributed by atoms with van der Waals surface area (Å²) in [4.78, 5) is 1.45. The normalized spacial score (nSPS) is 13.5. The van der Waals surface area contributed by atoms with Gasteiger partial charge in [-0.15, -0.1) is 11.3 Å². The summed E-state index contributed by atoms with van der Waals surface area (Å²) in [6, 6.07) is 3.17. The highest BCUT2D eigenvalue weighted by Gasteiger charge is 2.12. The molecule has 0 amide bonds. The second-order valence-corrected chi connectivity index (χ2v) is 4.82. The van der Waals surface area contributed by atoms with Crippen LogP contribution in [0.4, 0.5) is 0 Å². The van der Waals surface area contributed by atoms with Crippen molar-refractivity contribution >= 4 is 11.3 Å². The first-order valence-corrected chi connectivity index (χ1v) is 5.97. The summed E-state index contributed by atoms with van der Waals surface area (Å²) < 4.78 is 0. The van der Waals surface area contributed by atoms with Gasteiger partial charge >= 0.3 is 0 Å². The van der Waals surface area contributed by atoms with Gasteiger partial charge in [0.2, 0.25) is 0 Å². The van der Waals surface area contributed by atoms with Crippen LogP contribution in [0.15, 0.2) is 11.4 Å². The van der Waals surface area contributed by atoms with Crippen molar-refractivity contribution in [3.05, 3.63) is 21.9 Å². The molecule has 1 heterocycles. The second-order valence-electron chi connectivity index (χ2n) is 3.87. The average Bonchev–Trinajstić information content (AvgIpc) is 2.53. The van der Waals surface area contributed by atoms with E-state index >= 15 is 0 Å². The van der Waals surface area contributed by atoms with Gasteiger partial charge in [0.05, 0.1) is 6.04 Å². The molecule has 1 rings (SSSR count). The summed E-state index contributed by atoms with van der Waals surface area (Å²) in [5.74, 6) is 0. The fourth-order valence-electron chi connectivity index (χ4n) is 1.42. The Morgan fingerprint density at radius 3 is 2.57 bits per heavy atom. The molecule has 0 spiro atoms. The van der Waals surface area contributed by atoms with Crippen molar-refractivity contribution in [2.45, 2.75) is 32.9 Å². The molecule has 1 aromatic rings. The molecular formula is C11H20N2S. The number of nitrogens with one attached hydrogen (secondary N) is 2. The van der Waals surface area contributed by atoms with Crippen LogP contribution in [0, 0.1) is 6.92 Å². The van der Waals surface area contributed by atoms with Crippen molar-refractivity contribution in [3.8, 4) is 0 Å². The Labute approximate surface area is 90.7 Å². The van der Waals surface area contributed by atoms with E-state index in [0.717, 1.165) is 6.54 Å². The van der Waals surface area contributed by atoms with Crippen molar-refractivity contribution in [2.75, 3.05) is 13.6 Å². The molecule has 80 valence electrons. The number of likely N-dealkylation sites (N-methyl/N-ethyl adjacent to an activating group) is 1. The maximum Gasteiger partial charge on any atom is 0.0541 e. The van der Waals surface area contributed by atoms with E-state index < -0.39 is 0 Å². The summed E-state index contributed by atoms with van der Waals surface area (Å²) in [7, 11) is 2.02. The average molecular weight is 212 g/mol. The minimum atomic E-state index is 0.442. The van der Waals surface area contributed by atoms with Crippen LogP contribution in [-0.4, -0.2) is 19.6 Å². The standard InChI is InChI=1S/C11H20N2S/c1-8(2)13-7-10(12-4)11-9(3)5-6-14-11/h5-6,8,10,12-13H,7H2,1-4H3. The maximum absolute atomic E-state index is 3.46. The summed E-state index contributed by atoms with van der Waals surface area (Å²) in [5, 5.41) is 8.96. The lowest BCUT2D eigenvalue weighted by Crippen LogP contribution is -2.33. The topological polar surface area (TPSA) is 24.1 Å². The molecule has 0 saturated carbocycles. The first-order chi connectivity index (χ1) is 6.65. The first kappa shape index (κ1) is 11.7. The van der Waals surface area contributed by atoms with Crippen LogP contribution in [0.3, 0.4) is 0 Å². The van der Waals surface area contributed by atoms with E-state index in [1.807, 2.05) is 18.4 Å². The third-order valence-corrected chi connectivity index (χ3v) is 3.43. The number of rotatable bonds is 5. The van der Waals surface area contributed by atoms with Crippen molar-refractivity contribution in [3.63, 3.8) is 0 Å². The molecule has 2 nitrogen and oxygen atoms in total. The van der Waals surface area contributed by atoms with Gasteiger partial charge in [-0.1, -0.05) is 13.8 Å². The highest BCUT2D eigenvalue weighted by Crippen LogP contribution is 2.23. The molecule has 0 radical (unpaired) electrons. The van der Waals surface area contributed by atoms with Gasteiger partial charge in [0.1, 0.15) is 0 Å². The Hall–Kier alpha value is -0.380. The molecule has 0 aliphatic carbocycles. The SMILES string of the molecule is CNC(CNC(C)C)c1sccc1C. The molecule has 0 saturated heterocycles.